The van der Waals surface area contributed by atoms with Gasteiger partial charge < -0.3 is 24.8 Å². The number of nitrogens with one attached hydrogen (secondary N) is 2. The van der Waals surface area contributed by atoms with E-state index in [1.165, 1.54) is 24.9 Å². The van der Waals surface area contributed by atoms with Crippen LogP contribution in [0.2, 0.25) is 5.02 Å². The second kappa shape index (κ2) is 11.5. The Bertz CT molecular complexity index is 1370. The fraction of sp³-hybridized carbons (Fsp3) is 0.448. The molecule has 0 saturated carbocycles. The summed E-state index contributed by atoms with van der Waals surface area (Å²) in [6, 6.07) is 8.11. The summed E-state index contributed by atoms with van der Waals surface area (Å²) < 4.78 is 18.9. The van der Waals surface area contributed by atoms with Gasteiger partial charge in [0.2, 0.25) is 5.95 Å². The second-order valence-corrected chi connectivity index (χ2v) is 14.1. The molecule has 1 saturated heterocycles. The molecule has 0 atom stereocenters. The van der Waals surface area contributed by atoms with E-state index in [-0.39, 0.29) is 0 Å². The molecule has 4 rings (SSSR count). The average molecular weight is 556 g/mol. The summed E-state index contributed by atoms with van der Waals surface area (Å²) in [5.41, 5.74) is 5.98. The Labute approximate surface area is 231 Å². The number of piperidine rings is 1. The van der Waals surface area contributed by atoms with Crippen LogP contribution in [0.4, 0.5) is 28.8 Å². The lowest BCUT2D eigenvalue weighted by atomic mass is 9.93. The standard InChI is InChI=1S/C29H39ClN5O2P/c1-8-21-11-13-35(14-12-21)25-16-26(37-5)24(15-19(25)3)33-29-31-17-22(30)28(34-29)32-23-10-9-18(2)20(4)27(23)38(6,7)36/h9-10,15-17,21H,8,11-14H2,1-7H3,(H2,31,32,33,34). The molecule has 2 N–H and O–H groups in total. The van der Waals surface area contributed by atoms with Crippen LogP contribution in [0.25, 0.3) is 0 Å². The van der Waals surface area contributed by atoms with Gasteiger partial charge in [0, 0.05) is 30.1 Å². The van der Waals surface area contributed by atoms with Gasteiger partial charge in [-0.3, -0.25) is 0 Å². The summed E-state index contributed by atoms with van der Waals surface area (Å²) in [4.78, 5) is 11.5. The van der Waals surface area contributed by atoms with Crippen molar-refractivity contribution in [2.45, 2.75) is 47.0 Å². The highest BCUT2D eigenvalue weighted by atomic mass is 35.5. The maximum absolute atomic E-state index is 13.1. The third-order valence-electron chi connectivity index (χ3n) is 7.53. The van der Waals surface area contributed by atoms with E-state index < -0.39 is 7.14 Å². The molecule has 0 unspecified atom stereocenters. The van der Waals surface area contributed by atoms with Crippen LogP contribution in [0.15, 0.2) is 30.5 Å². The van der Waals surface area contributed by atoms with E-state index in [1.807, 2.05) is 26.0 Å². The largest absolute Gasteiger partial charge is 0.494 e. The molecule has 204 valence electrons. The number of methoxy groups -OCH3 is 1. The maximum atomic E-state index is 13.1. The lowest BCUT2D eigenvalue weighted by Crippen LogP contribution is -2.33. The molecular weight excluding hydrogens is 517 g/mol. The number of benzene rings is 2. The molecule has 0 bridgehead atoms. The minimum absolute atomic E-state index is 0.371. The number of hydrogen-bond donors (Lipinski definition) is 2. The van der Waals surface area contributed by atoms with Crippen LogP contribution in [0.5, 0.6) is 5.75 Å². The van der Waals surface area contributed by atoms with Crippen molar-refractivity contribution >= 4 is 52.9 Å². The summed E-state index contributed by atoms with van der Waals surface area (Å²) in [7, 11) is -0.888. The minimum Gasteiger partial charge on any atom is -0.494 e. The van der Waals surface area contributed by atoms with Gasteiger partial charge in [-0.25, -0.2) is 4.98 Å². The summed E-state index contributed by atoms with van der Waals surface area (Å²) >= 11 is 6.48. The van der Waals surface area contributed by atoms with Crippen molar-refractivity contribution in [2.75, 3.05) is 49.1 Å². The van der Waals surface area contributed by atoms with Gasteiger partial charge in [-0.2, -0.15) is 4.98 Å². The zero-order chi connectivity index (χ0) is 27.6. The molecule has 2 heterocycles. The number of halogens is 1. The number of anilines is 5. The van der Waals surface area contributed by atoms with Gasteiger partial charge in [0.25, 0.3) is 0 Å². The topological polar surface area (TPSA) is 79.4 Å². The number of aryl methyl sites for hydroxylation is 2. The minimum atomic E-state index is -2.56. The number of ether oxygens (including phenoxy) is 1. The molecule has 9 heteroatoms. The van der Waals surface area contributed by atoms with Crippen LogP contribution < -0.4 is 25.6 Å². The normalized spacial score (nSPS) is 14.5. The van der Waals surface area contributed by atoms with Gasteiger partial charge >= 0.3 is 0 Å². The fourth-order valence-electron chi connectivity index (χ4n) is 5.23. The molecule has 1 aliphatic rings. The molecule has 3 aromatic rings. The van der Waals surface area contributed by atoms with Crippen LogP contribution in [-0.2, 0) is 4.57 Å². The SMILES string of the molecule is CCC1CCN(c2cc(OC)c(Nc3ncc(Cl)c(Nc4ccc(C)c(C)c4P(C)(C)=O)n3)cc2C)CC1. The summed E-state index contributed by atoms with van der Waals surface area (Å²) in [5, 5.41) is 7.79. The Balaban J connectivity index is 1.62. The Morgan fingerprint density at radius 1 is 1.08 bits per heavy atom. The van der Waals surface area contributed by atoms with E-state index in [2.05, 4.69) is 51.5 Å². The Kier molecular flexibility index (Phi) is 8.59. The first kappa shape index (κ1) is 28.3. The van der Waals surface area contributed by atoms with Crippen molar-refractivity contribution in [2.24, 2.45) is 5.92 Å². The zero-order valence-corrected chi connectivity index (χ0v) is 25.1. The number of rotatable bonds is 8. The predicted octanol–water partition coefficient (Wildman–Crippen LogP) is 7.43. The van der Waals surface area contributed by atoms with Gasteiger partial charge in [-0.1, -0.05) is 31.0 Å². The van der Waals surface area contributed by atoms with Gasteiger partial charge in [0.1, 0.15) is 17.9 Å². The van der Waals surface area contributed by atoms with E-state index in [0.29, 0.717) is 16.8 Å². The lowest BCUT2D eigenvalue weighted by molar-refractivity contribution is 0.393. The lowest BCUT2D eigenvalue weighted by Gasteiger charge is -2.34. The Morgan fingerprint density at radius 3 is 2.42 bits per heavy atom. The predicted molar refractivity (Wildman–Crippen MR) is 162 cm³/mol. The summed E-state index contributed by atoms with van der Waals surface area (Å²) in [6.45, 7) is 14.1. The number of nitrogens with zero attached hydrogens (tertiary/aromatic N) is 3. The molecule has 1 aromatic heterocycles. The second-order valence-electron chi connectivity index (χ2n) is 10.6. The van der Waals surface area contributed by atoms with Crippen LogP contribution in [0.1, 0.15) is 42.9 Å². The van der Waals surface area contributed by atoms with E-state index in [4.69, 9.17) is 16.3 Å². The van der Waals surface area contributed by atoms with Crippen LogP contribution in [-0.4, -0.2) is 43.5 Å². The van der Waals surface area contributed by atoms with Crippen LogP contribution >= 0.6 is 18.7 Å². The number of aromatic nitrogens is 2. The third-order valence-corrected chi connectivity index (χ3v) is 9.46. The highest BCUT2D eigenvalue weighted by molar-refractivity contribution is 7.70. The Morgan fingerprint density at radius 2 is 1.79 bits per heavy atom. The first-order chi connectivity index (χ1) is 18.0. The number of hydrogen-bond acceptors (Lipinski definition) is 7. The van der Waals surface area contributed by atoms with Gasteiger partial charge in [-0.15, -0.1) is 0 Å². The van der Waals surface area contributed by atoms with E-state index in [9.17, 15) is 4.57 Å². The summed E-state index contributed by atoms with van der Waals surface area (Å²) in [6.07, 6.45) is 5.25. The van der Waals surface area contributed by atoms with Gasteiger partial charge in [-0.05, 0) is 81.7 Å². The molecule has 1 fully saturated rings. The average Bonchev–Trinajstić information content (AvgIpc) is 2.88. The van der Waals surface area contributed by atoms with Crippen molar-refractivity contribution in [1.29, 1.82) is 0 Å². The van der Waals surface area contributed by atoms with Crippen molar-refractivity contribution in [3.63, 3.8) is 0 Å². The smallest absolute Gasteiger partial charge is 0.229 e. The first-order valence-corrected chi connectivity index (χ1v) is 16.2. The Hall–Kier alpha value is -2.76. The third kappa shape index (κ3) is 6.10. The van der Waals surface area contributed by atoms with Crippen LogP contribution in [0.3, 0.4) is 0 Å². The molecule has 2 aromatic carbocycles. The summed E-state index contributed by atoms with van der Waals surface area (Å²) in [5.74, 6) is 2.37. The van der Waals surface area contributed by atoms with Crippen molar-refractivity contribution in [3.05, 3.63) is 52.2 Å². The van der Waals surface area contributed by atoms with E-state index in [1.54, 1.807) is 26.6 Å². The molecule has 0 spiro atoms. The molecule has 0 radical (unpaired) electrons. The highest BCUT2D eigenvalue weighted by Crippen LogP contribution is 2.41. The van der Waals surface area contributed by atoms with Crippen molar-refractivity contribution < 1.29 is 9.30 Å². The van der Waals surface area contributed by atoms with Gasteiger partial charge in [0.15, 0.2) is 5.82 Å². The molecule has 0 amide bonds. The molecular formula is C29H39ClN5O2P. The van der Waals surface area contributed by atoms with Crippen molar-refractivity contribution in [1.82, 2.24) is 9.97 Å². The highest BCUT2D eigenvalue weighted by Gasteiger charge is 2.23. The monoisotopic (exact) mass is 555 g/mol. The van der Waals surface area contributed by atoms with Gasteiger partial charge in [0.05, 0.1) is 24.7 Å². The van der Waals surface area contributed by atoms with E-state index >= 15 is 0 Å². The van der Waals surface area contributed by atoms with Crippen LogP contribution in [0, 0.1) is 26.7 Å². The van der Waals surface area contributed by atoms with E-state index in [0.717, 1.165) is 58.1 Å². The molecule has 7 nitrogen and oxygen atoms in total. The molecule has 38 heavy (non-hydrogen) atoms. The van der Waals surface area contributed by atoms with Crippen molar-refractivity contribution in [3.8, 4) is 5.75 Å². The quantitative estimate of drug-likeness (QED) is 0.280. The maximum Gasteiger partial charge on any atom is 0.229 e. The zero-order valence-electron chi connectivity index (χ0n) is 23.5. The molecule has 1 aliphatic heterocycles. The molecule has 0 aliphatic carbocycles. The fourth-order valence-corrected chi connectivity index (χ4v) is 7.06. The first-order valence-electron chi connectivity index (χ1n) is 13.2.